The SMILES string of the molecule is CCCCO[C@@H]1OC2COC(c3ccccc3)O[C@H]2C(O)[C@@H]1O. The molecule has 3 rings (SSSR count). The molecular weight excluding hydrogens is 300 g/mol. The van der Waals surface area contributed by atoms with Crippen LogP contribution >= 0.6 is 0 Å². The lowest BCUT2D eigenvalue weighted by Gasteiger charge is -2.46. The zero-order chi connectivity index (χ0) is 16.2. The lowest BCUT2D eigenvalue weighted by molar-refractivity contribution is -0.361. The molecule has 6 heteroatoms. The Balaban J connectivity index is 1.63. The van der Waals surface area contributed by atoms with Crippen LogP contribution in [0, 0.1) is 0 Å². The van der Waals surface area contributed by atoms with Crippen LogP contribution < -0.4 is 0 Å². The molecule has 0 aliphatic carbocycles. The number of hydrogen-bond acceptors (Lipinski definition) is 6. The molecule has 0 bridgehead atoms. The van der Waals surface area contributed by atoms with E-state index >= 15 is 0 Å². The van der Waals surface area contributed by atoms with E-state index in [1.807, 2.05) is 30.3 Å². The highest BCUT2D eigenvalue weighted by molar-refractivity contribution is 5.16. The van der Waals surface area contributed by atoms with E-state index in [1.165, 1.54) is 0 Å². The second-order valence-corrected chi connectivity index (χ2v) is 5.93. The normalized spacial score (nSPS) is 37.3. The van der Waals surface area contributed by atoms with Gasteiger partial charge in [-0.15, -0.1) is 0 Å². The van der Waals surface area contributed by atoms with Gasteiger partial charge in [0.2, 0.25) is 0 Å². The summed E-state index contributed by atoms with van der Waals surface area (Å²) in [7, 11) is 0. The highest BCUT2D eigenvalue weighted by atomic mass is 16.8. The van der Waals surface area contributed by atoms with Crippen molar-refractivity contribution in [1.82, 2.24) is 0 Å². The first kappa shape index (κ1) is 16.8. The van der Waals surface area contributed by atoms with Crippen molar-refractivity contribution in [3.8, 4) is 0 Å². The molecule has 6 nitrogen and oxygen atoms in total. The average Bonchev–Trinajstić information content (AvgIpc) is 2.60. The number of fused-ring (bicyclic) bond motifs is 1. The maximum atomic E-state index is 10.4. The van der Waals surface area contributed by atoms with Gasteiger partial charge in [-0.1, -0.05) is 43.7 Å². The van der Waals surface area contributed by atoms with Gasteiger partial charge in [0.25, 0.3) is 0 Å². The number of unbranched alkanes of at least 4 members (excludes halogenated alkanes) is 1. The predicted octanol–water partition coefficient (Wildman–Crippen LogP) is 1.36. The molecule has 0 spiro atoms. The van der Waals surface area contributed by atoms with E-state index in [-0.39, 0.29) is 6.61 Å². The smallest absolute Gasteiger partial charge is 0.186 e. The summed E-state index contributed by atoms with van der Waals surface area (Å²) in [6.07, 6.45) is -2.87. The Morgan fingerprint density at radius 3 is 2.65 bits per heavy atom. The van der Waals surface area contributed by atoms with E-state index in [9.17, 15) is 10.2 Å². The van der Waals surface area contributed by atoms with Crippen LogP contribution in [0.5, 0.6) is 0 Å². The molecule has 2 heterocycles. The molecule has 2 aliphatic rings. The zero-order valence-electron chi connectivity index (χ0n) is 13.2. The van der Waals surface area contributed by atoms with Crippen molar-refractivity contribution < 1.29 is 29.2 Å². The Hall–Kier alpha value is -1.02. The van der Waals surface area contributed by atoms with Crippen molar-refractivity contribution in [2.75, 3.05) is 13.2 Å². The van der Waals surface area contributed by atoms with Crippen LogP contribution in [0.1, 0.15) is 31.6 Å². The maximum Gasteiger partial charge on any atom is 0.186 e. The van der Waals surface area contributed by atoms with Crippen molar-refractivity contribution in [2.45, 2.75) is 56.8 Å². The third-order valence-electron chi connectivity index (χ3n) is 4.19. The molecule has 0 aromatic heterocycles. The molecule has 23 heavy (non-hydrogen) atoms. The summed E-state index contributed by atoms with van der Waals surface area (Å²) >= 11 is 0. The first-order valence-corrected chi connectivity index (χ1v) is 8.16. The summed E-state index contributed by atoms with van der Waals surface area (Å²) in [6.45, 7) is 2.82. The van der Waals surface area contributed by atoms with Crippen molar-refractivity contribution in [3.05, 3.63) is 35.9 Å². The molecule has 0 radical (unpaired) electrons. The fraction of sp³-hybridized carbons (Fsp3) is 0.647. The molecule has 2 aliphatic heterocycles. The summed E-state index contributed by atoms with van der Waals surface area (Å²) in [5, 5.41) is 20.6. The second kappa shape index (κ2) is 7.70. The molecule has 1 aromatic carbocycles. The molecule has 3 unspecified atom stereocenters. The first-order valence-electron chi connectivity index (χ1n) is 8.16. The summed E-state index contributed by atoms with van der Waals surface area (Å²) in [4.78, 5) is 0. The number of rotatable bonds is 5. The van der Waals surface area contributed by atoms with Gasteiger partial charge >= 0.3 is 0 Å². The third kappa shape index (κ3) is 3.74. The topological polar surface area (TPSA) is 77.4 Å². The van der Waals surface area contributed by atoms with Crippen LogP contribution in [0.3, 0.4) is 0 Å². The third-order valence-corrected chi connectivity index (χ3v) is 4.19. The van der Waals surface area contributed by atoms with Gasteiger partial charge in [0.15, 0.2) is 12.6 Å². The first-order chi connectivity index (χ1) is 11.2. The Morgan fingerprint density at radius 2 is 1.91 bits per heavy atom. The zero-order valence-corrected chi connectivity index (χ0v) is 13.2. The van der Waals surface area contributed by atoms with Crippen molar-refractivity contribution >= 4 is 0 Å². The van der Waals surface area contributed by atoms with Crippen molar-refractivity contribution in [1.29, 1.82) is 0 Å². The number of benzene rings is 1. The van der Waals surface area contributed by atoms with Crippen LogP contribution in [0.4, 0.5) is 0 Å². The van der Waals surface area contributed by atoms with Crippen LogP contribution in [0.2, 0.25) is 0 Å². The number of hydrogen-bond donors (Lipinski definition) is 2. The standard InChI is InChI=1S/C17H24O6/c1-2-3-9-20-17-14(19)13(18)15-12(22-17)10-21-16(23-15)11-7-5-4-6-8-11/h4-8,12-19H,2-3,9-10H2,1H3/t12?,13?,14-,15+,16?,17+/m0/s1. The highest BCUT2D eigenvalue weighted by Gasteiger charge is 2.49. The van der Waals surface area contributed by atoms with Crippen molar-refractivity contribution in [3.63, 3.8) is 0 Å². The van der Waals surface area contributed by atoms with Crippen LogP contribution in [0.15, 0.2) is 30.3 Å². The van der Waals surface area contributed by atoms with E-state index in [4.69, 9.17) is 18.9 Å². The summed E-state index contributed by atoms with van der Waals surface area (Å²) in [5.41, 5.74) is 0.869. The molecule has 2 fully saturated rings. The average molecular weight is 324 g/mol. The Bertz CT molecular complexity index is 479. The van der Waals surface area contributed by atoms with E-state index in [0.717, 1.165) is 18.4 Å². The fourth-order valence-electron chi connectivity index (χ4n) is 2.84. The quantitative estimate of drug-likeness (QED) is 0.797. The number of aliphatic hydroxyl groups is 2. The summed E-state index contributed by atoms with van der Waals surface area (Å²) in [5.74, 6) is 0. The van der Waals surface area contributed by atoms with Crippen LogP contribution in [0.25, 0.3) is 0 Å². The summed E-state index contributed by atoms with van der Waals surface area (Å²) in [6, 6.07) is 9.50. The van der Waals surface area contributed by atoms with Gasteiger partial charge in [0.05, 0.1) is 6.61 Å². The Labute approximate surface area is 135 Å². The molecule has 2 saturated heterocycles. The number of aliphatic hydroxyl groups excluding tert-OH is 2. The monoisotopic (exact) mass is 324 g/mol. The molecule has 128 valence electrons. The molecule has 0 amide bonds. The lowest BCUT2D eigenvalue weighted by Crippen LogP contribution is -2.62. The van der Waals surface area contributed by atoms with Gasteiger partial charge < -0.3 is 29.2 Å². The molecular formula is C17H24O6. The van der Waals surface area contributed by atoms with Crippen LogP contribution in [-0.2, 0) is 18.9 Å². The molecule has 6 atom stereocenters. The minimum absolute atomic E-state index is 0.279. The second-order valence-electron chi connectivity index (χ2n) is 5.93. The molecule has 0 saturated carbocycles. The minimum atomic E-state index is -1.14. The van der Waals surface area contributed by atoms with E-state index in [1.54, 1.807) is 0 Å². The lowest BCUT2D eigenvalue weighted by atomic mass is 9.98. The Morgan fingerprint density at radius 1 is 1.13 bits per heavy atom. The highest BCUT2D eigenvalue weighted by Crippen LogP contribution is 2.34. The van der Waals surface area contributed by atoms with Gasteiger partial charge in [-0.25, -0.2) is 0 Å². The largest absolute Gasteiger partial charge is 0.387 e. The molecule has 1 aromatic rings. The van der Waals surface area contributed by atoms with Gasteiger partial charge in [-0.2, -0.15) is 0 Å². The van der Waals surface area contributed by atoms with Crippen molar-refractivity contribution in [2.24, 2.45) is 0 Å². The van der Waals surface area contributed by atoms with Gasteiger partial charge in [0.1, 0.15) is 24.4 Å². The minimum Gasteiger partial charge on any atom is -0.387 e. The predicted molar refractivity (Wildman–Crippen MR) is 81.5 cm³/mol. The fourth-order valence-corrected chi connectivity index (χ4v) is 2.84. The van der Waals surface area contributed by atoms with E-state index < -0.39 is 37.0 Å². The summed E-state index contributed by atoms with van der Waals surface area (Å²) < 4.78 is 22.8. The van der Waals surface area contributed by atoms with Gasteiger partial charge in [-0.05, 0) is 6.42 Å². The van der Waals surface area contributed by atoms with E-state index in [2.05, 4.69) is 6.92 Å². The maximum absolute atomic E-state index is 10.4. The Kier molecular flexibility index (Phi) is 5.63. The van der Waals surface area contributed by atoms with Gasteiger partial charge in [0, 0.05) is 12.2 Å². The molecule has 2 N–H and O–H groups in total. The number of ether oxygens (including phenoxy) is 4. The van der Waals surface area contributed by atoms with E-state index in [0.29, 0.717) is 6.61 Å². The van der Waals surface area contributed by atoms with Crippen LogP contribution in [-0.4, -0.2) is 54.1 Å². The van der Waals surface area contributed by atoms with Gasteiger partial charge in [-0.3, -0.25) is 0 Å².